The molecule has 6 heteroatoms. The Labute approximate surface area is 116 Å². The fourth-order valence-electron chi connectivity index (χ4n) is 1.79. The van der Waals surface area contributed by atoms with E-state index in [1.165, 1.54) is 0 Å². The number of carboxylic acids is 1. The number of benzene rings is 1. The van der Waals surface area contributed by atoms with Crippen molar-refractivity contribution in [1.82, 2.24) is 4.90 Å². The topological polar surface area (TPSA) is 60.8 Å². The Balaban J connectivity index is 3.10. The summed E-state index contributed by atoms with van der Waals surface area (Å²) in [7, 11) is 0. The van der Waals surface area contributed by atoms with E-state index < -0.39 is 12.0 Å². The molecule has 1 aromatic carbocycles. The van der Waals surface area contributed by atoms with Crippen LogP contribution >= 0.6 is 23.2 Å². The number of hydrogen-bond donors (Lipinski definition) is 2. The van der Waals surface area contributed by atoms with Crippen LogP contribution in [0, 0.1) is 0 Å². The minimum atomic E-state index is -0.983. The first-order valence-electron chi connectivity index (χ1n) is 5.54. The minimum Gasteiger partial charge on any atom is -0.480 e. The maximum absolute atomic E-state index is 11.4. The fourth-order valence-corrected chi connectivity index (χ4v) is 2.10. The second kappa shape index (κ2) is 6.95. The molecule has 0 fully saturated rings. The van der Waals surface area contributed by atoms with Gasteiger partial charge in [-0.3, -0.25) is 9.69 Å². The predicted octanol–water partition coefficient (Wildman–Crippen LogP) is 2.43. The second-order valence-corrected chi connectivity index (χ2v) is 4.58. The lowest BCUT2D eigenvalue weighted by Crippen LogP contribution is -2.36. The standard InChI is InChI=1S/C12H15Cl2NO3/c1-2-15(5-6-16)11(12(17)18)8-3-4-9(13)10(14)7-8/h3-4,7,11,16H,2,5-6H2,1H3,(H,17,18). The number of likely N-dealkylation sites (N-methyl/N-ethyl adjacent to an activating group) is 1. The van der Waals surface area contributed by atoms with Crippen LogP contribution in [0.15, 0.2) is 18.2 Å². The van der Waals surface area contributed by atoms with Gasteiger partial charge >= 0.3 is 5.97 Å². The minimum absolute atomic E-state index is 0.0983. The van der Waals surface area contributed by atoms with E-state index in [0.29, 0.717) is 22.2 Å². The van der Waals surface area contributed by atoms with Crippen molar-refractivity contribution in [3.05, 3.63) is 33.8 Å². The zero-order chi connectivity index (χ0) is 13.7. The molecule has 0 spiro atoms. The molecule has 100 valence electrons. The molecule has 1 rings (SSSR count). The summed E-state index contributed by atoms with van der Waals surface area (Å²) in [4.78, 5) is 13.0. The highest BCUT2D eigenvalue weighted by atomic mass is 35.5. The lowest BCUT2D eigenvalue weighted by molar-refractivity contribution is -0.143. The lowest BCUT2D eigenvalue weighted by Gasteiger charge is -2.27. The van der Waals surface area contributed by atoms with Gasteiger partial charge in [0.2, 0.25) is 0 Å². The average Bonchev–Trinajstić information content (AvgIpc) is 2.32. The van der Waals surface area contributed by atoms with E-state index in [-0.39, 0.29) is 13.2 Å². The molecule has 0 aromatic heterocycles. The van der Waals surface area contributed by atoms with Crippen molar-refractivity contribution in [2.45, 2.75) is 13.0 Å². The Morgan fingerprint density at radius 2 is 2.06 bits per heavy atom. The summed E-state index contributed by atoms with van der Waals surface area (Å²) in [6.45, 7) is 2.54. The first kappa shape index (κ1) is 15.2. The predicted molar refractivity (Wildman–Crippen MR) is 71.2 cm³/mol. The third-order valence-corrected chi connectivity index (χ3v) is 3.39. The van der Waals surface area contributed by atoms with E-state index in [1.54, 1.807) is 23.1 Å². The van der Waals surface area contributed by atoms with Gasteiger partial charge in [0.15, 0.2) is 0 Å². The fraction of sp³-hybridized carbons (Fsp3) is 0.417. The molecule has 0 saturated heterocycles. The molecule has 1 aromatic rings. The molecule has 1 atom stereocenters. The molecule has 0 radical (unpaired) electrons. The van der Waals surface area contributed by atoms with Crippen molar-refractivity contribution in [1.29, 1.82) is 0 Å². The normalized spacial score (nSPS) is 12.7. The molecule has 0 aliphatic rings. The van der Waals surface area contributed by atoms with Gasteiger partial charge in [-0.25, -0.2) is 0 Å². The second-order valence-electron chi connectivity index (χ2n) is 3.77. The molecular weight excluding hydrogens is 277 g/mol. The van der Waals surface area contributed by atoms with Gasteiger partial charge in [0.1, 0.15) is 6.04 Å². The first-order valence-corrected chi connectivity index (χ1v) is 6.29. The SMILES string of the molecule is CCN(CCO)C(C(=O)O)c1ccc(Cl)c(Cl)c1. The first-order chi connectivity index (χ1) is 8.51. The van der Waals surface area contributed by atoms with Gasteiger partial charge in [0, 0.05) is 6.54 Å². The van der Waals surface area contributed by atoms with E-state index in [4.69, 9.17) is 28.3 Å². The Bertz CT molecular complexity index is 426. The molecule has 2 N–H and O–H groups in total. The quantitative estimate of drug-likeness (QED) is 0.845. The van der Waals surface area contributed by atoms with Gasteiger partial charge in [0.25, 0.3) is 0 Å². The Kier molecular flexibility index (Phi) is 5.88. The maximum atomic E-state index is 11.4. The smallest absolute Gasteiger partial charge is 0.325 e. The van der Waals surface area contributed by atoms with Crippen LogP contribution in [-0.4, -0.2) is 40.8 Å². The number of halogens is 2. The van der Waals surface area contributed by atoms with Crippen LogP contribution in [0.5, 0.6) is 0 Å². The molecule has 0 aliphatic carbocycles. The molecule has 0 heterocycles. The van der Waals surface area contributed by atoms with Gasteiger partial charge in [0.05, 0.1) is 16.7 Å². The van der Waals surface area contributed by atoms with Crippen LogP contribution in [-0.2, 0) is 4.79 Å². The number of rotatable bonds is 6. The summed E-state index contributed by atoms with van der Waals surface area (Å²) < 4.78 is 0. The van der Waals surface area contributed by atoms with Crippen molar-refractivity contribution < 1.29 is 15.0 Å². The molecule has 0 aliphatic heterocycles. The molecule has 4 nitrogen and oxygen atoms in total. The number of aliphatic hydroxyl groups excluding tert-OH is 1. The zero-order valence-electron chi connectivity index (χ0n) is 9.94. The van der Waals surface area contributed by atoms with Gasteiger partial charge in [-0.05, 0) is 24.2 Å². The summed E-state index contributed by atoms with van der Waals surface area (Å²) >= 11 is 11.7. The number of carbonyl (C=O) groups is 1. The number of aliphatic hydroxyl groups is 1. The van der Waals surface area contributed by atoms with Crippen molar-refractivity contribution in [3.8, 4) is 0 Å². The van der Waals surface area contributed by atoms with Crippen molar-refractivity contribution in [2.75, 3.05) is 19.7 Å². The van der Waals surface area contributed by atoms with Crippen molar-refractivity contribution >= 4 is 29.2 Å². The van der Waals surface area contributed by atoms with Gasteiger partial charge in [-0.1, -0.05) is 36.2 Å². The monoisotopic (exact) mass is 291 g/mol. The zero-order valence-corrected chi connectivity index (χ0v) is 11.4. The van der Waals surface area contributed by atoms with E-state index in [2.05, 4.69) is 0 Å². The lowest BCUT2D eigenvalue weighted by atomic mass is 10.1. The summed E-state index contributed by atoms with van der Waals surface area (Å²) in [5.74, 6) is -0.983. The molecule has 0 amide bonds. The van der Waals surface area contributed by atoms with E-state index in [1.807, 2.05) is 6.92 Å². The Hall–Kier alpha value is -0.810. The summed E-state index contributed by atoms with van der Waals surface area (Å²) in [6, 6.07) is 3.91. The highest BCUT2D eigenvalue weighted by Crippen LogP contribution is 2.28. The van der Waals surface area contributed by atoms with Crippen molar-refractivity contribution in [2.24, 2.45) is 0 Å². The summed E-state index contributed by atoms with van der Waals surface area (Å²) in [5, 5.41) is 19.0. The Morgan fingerprint density at radius 3 is 2.50 bits per heavy atom. The van der Waals surface area contributed by atoms with Gasteiger partial charge in [-0.2, -0.15) is 0 Å². The van der Waals surface area contributed by atoms with Crippen LogP contribution < -0.4 is 0 Å². The van der Waals surface area contributed by atoms with Gasteiger partial charge in [-0.15, -0.1) is 0 Å². The highest BCUT2D eigenvalue weighted by Gasteiger charge is 2.26. The van der Waals surface area contributed by atoms with Crippen molar-refractivity contribution in [3.63, 3.8) is 0 Å². The molecule has 0 bridgehead atoms. The number of hydrogen-bond acceptors (Lipinski definition) is 3. The number of carboxylic acid groups (broad SMARTS) is 1. The van der Waals surface area contributed by atoms with E-state index in [0.717, 1.165) is 0 Å². The summed E-state index contributed by atoms with van der Waals surface area (Å²) in [6.07, 6.45) is 0. The largest absolute Gasteiger partial charge is 0.480 e. The molecule has 18 heavy (non-hydrogen) atoms. The molecule has 0 saturated carbocycles. The van der Waals surface area contributed by atoms with E-state index in [9.17, 15) is 9.90 Å². The van der Waals surface area contributed by atoms with Gasteiger partial charge < -0.3 is 10.2 Å². The van der Waals surface area contributed by atoms with Crippen LogP contribution in [0.1, 0.15) is 18.5 Å². The summed E-state index contributed by atoms with van der Waals surface area (Å²) in [5.41, 5.74) is 0.548. The van der Waals surface area contributed by atoms with Crippen LogP contribution in [0.4, 0.5) is 0 Å². The van der Waals surface area contributed by atoms with Crippen LogP contribution in [0.3, 0.4) is 0 Å². The molecule has 1 unspecified atom stereocenters. The number of aliphatic carboxylic acids is 1. The third-order valence-electron chi connectivity index (χ3n) is 2.65. The molecular formula is C12H15Cl2NO3. The highest BCUT2D eigenvalue weighted by molar-refractivity contribution is 6.42. The van der Waals surface area contributed by atoms with Crippen LogP contribution in [0.2, 0.25) is 10.0 Å². The number of nitrogens with zero attached hydrogens (tertiary/aromatic N) is 1. The third kappa shape index (κ3) is 3.59. The Morgan fingerprint density at radius 1 is 1.39 bits per heavy atom. The average molecular weight is 292 g/mol. The van der Waals surface area contributed by atoms with E-state index >= 15 is 0 Å². The van der Waals surface area contributed by atoms with Crippen LogP contribution in [0.25, 0.3) is 0 Å². The maximum Gasteiger partial charge on any atom is 0.325 e.